The molecule has 0 aliphatic heterocycles. The maximum Gasteiger partial charge on any atom is 0.263 e. The number of benzene rings is 2. The van der Waals surface area contributed by atoms with Gasteiger partial charge in [0.05, 0.1) is 17.8 Å². The molecule has 0 fully saturated rings. The minimum absolute atomic E-state index is 0.0410. The summed E-state index contributed by atoms with van der Waals surface area (Å²) in [6, 6.07) is 14.1. The number of hydrogen-bond acceptors (Lipinski definition) is 4. The first-order valence-electron chi connectivity index (χ1n) is 10.2. The lowest BCUT2D eigenvalue weighted by Crippen LogP contribution is -2.36. The smallest absolute Gasteiger partial charge is 0.263 e. The van der Waals surface area contributed by atoms with Gasteiger partial charge in [0.25, 0.3) is 5.56 Å². The maximum atomic E-state index is 13.3. The lowest BCUT2D eigenvalue weighted by Gasteiger charge is -2.26. The maximum absolute atomic E-state index is 13.3. The molecule has 1 aliphatic carbocycles. The van der Waals surface area contributed by atoms with E-state index in [-0.39, 0.29) is 29.9 Å². The molecule has 1 atom stereocenters. The van der Waals surface area contributed by atoms with Crippen LogP contribution in [0, 0.1) is 5.82 Å². The molecular weight excluding hydrogens is 413 g/mol. The number of carbonyl (C=O) groups excluding carboxylic acids is 1. The number of carbonyl (C=O) groups is 1. The average Bonchev–Trinajstić information content (AvgIpc) is 3.21. The van der Waals surface area contributed by atoms with Crippen molar-refractivity contribution < 1.29 is 9.18 Å². The summed E-state index contributed by atoms with van der Waals surface area (Å²) in [5, 5.41) is 5.38. The Morgan fingerprint density at radius 1 is 1.19 bits per heavy atom. The summed E-state index contributed by atoms with van der Waals surface area (Å²) in [6.45, 7) is -0.0981. The Hall–Kier alpha value is -3.32. The summed E-state index contributed by atoms with van der Waals surface area (Å²) in [5.41, 5.74) is 3.59. The first kappa shape index (κ1) is 19.6. The van der Waals surface area contributed by atoms with Crippen LogP contribution < -0.4 is 10.9 Å². The molecule has 2 aromatic heterocycles. The summed E-state index contributed by atoms with van der Waals surface area (Å²) in [7, 11) is 0. The van der Waals surface area contributed by atoms with Crippen LogP contribution in [0.3, 0.4) is 0 Å². The molecule has 31 heavy (non-hydrogen) atoms. The zero-order valence-electron chi connectivity index (χ0n) is 16.7. The Morgan fingerprint density at radius 2 is 2.00 bits per heavy atom. The highest BCUT2D eigenvalue weighted by atomic mass is 32.1. The molecule has 0 spiro atoms. The summed E-state index contributed by atoms with van der Waals surface area (Å²) >= 11 is 1.36. The molecular formula is C24H20FN3O2S. The fraction of sp³-hybridized carbons (Fsp3) is 0.208. The van der Waals surface area contributed by atoms with E-state index in [0.29, 0.717) is 15.8 Å². The summed E-state index contributed by atoms with van der Waals surface area (Å²) in [4.78, 5) is 30.9. The van der Waals surface area contributed by atoms with E-state index in [1.165, 1.54) is 39.9 Å². The van der Waals surface area contributed by atoms with Crippen molar-refractivity contribution in [2.75, 3.05) is 0 Å². The number of halogens is 1. The van der Waals surface area contributed by atoms with Crippen LogP contribution in [0.2, 0.25) is 0 Å². The first-order valence-corrected chi connectivity index (χ1v) is 11.1. The molecule has 1 amide bonds. The van der Waals surface area contributed by atoms with Crippen LogP contribution in [-0.4, -0.2) is 15.5 Å². The largest absolute Gasteiger partial charge is 0.348 e. The van der Waals surface area contributed by atoms with Gasteiger partial charge in [-0.3, -0.25) is 14.2 Å². The van der Waals surface area contributed by atoms with Crippen LogP contribution in [0.4, 0.5) is 4.39 Å². The predicted molar refractivity (Wildman–Crippen MR) is 120 cm³/mol. The molecule has 1 N–H and O–H groups in total. The fourth-order valence-corrected chi connectivity index (χ4v) is 5.13. The van der Waals surface area contributed by atoms with E-state index in [2.05, 4.69) is 22.4 Å². The van der Waals surface area contributed by atoms with Crippen molar-refractivity contribution in [1.29, 1.82) is 0 Å². The number of hydrogen-bond donors (Lipinski definition) is 1. The van der Waals surface area contributed by atoms with Gasteiger partial charge in [0.2, 0.25) is 5.91 Å². The number of aryl methyl sites for hydroxylation is 1. The van der Waals surface area contributed by atoms with Gasteiger partial charge in [-0.05, 0) is 48.1 Å². The highest BCUT2D eigenvalue weighted by Crippen LogP contribution is 2.31. The van der Waals surface area contributed by atoms with Gasteiger partial charge in [0.1, 0.15) is 17.2 Å². The fourth-order valence-electron chi connectivity index (χ4n) is 4.22. The molecule has 5 rings (SSSR count). The Bertz CT molecular complexity index is 1330. The number of nitrogens with zero attached hydrogens (tertiary/aromatic N) is 2. The van der Waals surface area contributed by atoms with E-state index in [1.807, 2.05) is 17.5 Å². The Labute approximate surface area is 182 Å². The lowest BCUT2D eigenvalue weighted by molar-refractivity contribution is -0.122. The van der Waals surface area contributed by atoms with E-state index in [1.54, 1.807) is 12.1 Å². The van der Waals surface area contributed by atoms with Crippen molar-refractivity contribution in [1.82, 2.24) is 14.9 Å². The lowest BCUT2D eigenvalue weighted by atomic mass is 9.88. The van der Waals surface area contributed by atoms with Crippen LogP contribution in [0.5, 0.6) is 0 Å². The van der Waals surface area contributed by atoms with Gasteiger partial charge in [-0.2, -0.15) is 0 Å². The zero-order chi connectivity index (χ0) is 21.4. The third kappa shape index (κ3) is 3.77. The van der Waals surface area contributed by atoms with Crippen LogP contribution in [0.15, 0.2) is 65.0 Å². The molecule has 2 aromatic carbocycles. The minimum atomic E-state index is -0.334. The highest BCUT2D eigenvalue weighted by Gasteiger charge is 2.22. The average molecular weight is 434 g/mol. The van der Waals surface area contributed by atoms with Crippen LogP contribution in [-0.2, 0) is 17.8 Å². The van der Waals surface area contributed by atoms with E-state index >= 15 is 0 Å². The molecule has 0 bridgehead atoms. The third-order valence-electron chi connectivity index (χ3n) is 5.73. The van der Waals surface area contributed by atoms with Gasteiger partial charge in [-0.1, -0.05) is 36.4 Å². The Balaban J connectivity index is 1.42. The number of rotatable bonds is 4. The minimum Gasteiger partial charge on any atom is -0.348 e. The molecule has 0 saturated carbocycles. The molecule has 2 heterocycles. The predicted octanol–water partition coefficient (Wildman–Crippen LogP) is 4.46. The van der Waals surface area contributed by atoms with E-state index in [9.17, 15) is 14.0 Å². The van der Waals surface area contributed by atoms with Crippen LogP contribution in [0.25, 0.3) is 21.3 Å². The third-order valence-corrected chi connectivity index (χ3v) is 6.62. The molecule has 156 valence electrons. The van der Waals surface area contributed by atoms with Crippen molar-refractivity contribution >= 4 is 27.5 Å². The Kier molecular flexibility index (Phi) is 5.11. The number of fused-ring (bicyclic) bond motifs is 2. The Morgan fingerprint density at radius 3 is 2.84 bits per heavy atom. The van der Waals surface area contributed by atoms with Crippen molar-refractivity contribution in [2.24, 2.45) is 0 Å². The highest BCUT2D eigenvalue weighted by molar-refractivity contribution is 7.17. The summed E-state index contributed by atoms with van der Waals surface area (Å²) in [6.07, 6.45) is 4.34. The molecule has 1 aliphatic rings. The number of amides is 1. The van der Waals surface area contributed by atoms with Crippen molar-refractivity contribution in [3.05, 3.63) is 87.5 Å². The molecule has 0 saturated heterocycles. The van der Waals surface area contributed by atoms with Crippen LogP contribution >= 0.6 is 11.3 Å². The molecule has 0 radical (unpaired) electrons. The standard InChI is InChI=1S/C24H20FN3O2S/c25-17-10-8-16(9-11-17)19-13-31-23-22(19)24(30)28(14-26-23)12-21(29)27-20-7-3-5-15-4-1-2-6-18(15)20/h1-2,4,6,8-11,13-14,20H,3,5,7,12H2,(H,27,29). The van der Waals surface area contributed by atoms with Gasteiger partial charge < -0.3 is 5.32 Å². The second kappa shape index (κ2) is 8.07. The van der Waals surface area contributed by atoms with Crippen molar-refractivity contribution in [2.45, 2.75) is 31.8 Å². The molecule has 1 unspecified atom stereocenters. The molecule has 5 nitrogen and oxygen atoms in total. The number of aromatic nitrogens is 2. The van der Waals surface area contributed by atoms with E-state index in [0.717, 1.165) is 30.4 Å². The first-order chi connectivity index (χ1) is 15.1. The summed E-state index contributed by atoms with van der Waals surface area (Å²) < 4.78 is 14.6. The van der Waals surface area contributed by atoms with E-state index < -0.39 is 0 Å². The number of thiophene rings is 1. The van der Waals surface area contributed by atoms with Gasteiger partial charge in [0.15, 0.2) is 0 Å². The van der Waals surface area contributed by atoms with Gasteiger partial charge in [-0.15, -0.1) is 11.3 Å². The second-order valence-electron chi connectivity index (χ2n) is 7.73. The summed E-state index contributed by atoms with van der Waals surface area (Å²) in [5.74, 6) is -0.553. The van der Waals surface area contributed by atoms with E-state index in [4.69, 9.17) is 0 Å². The van der Waals surface area contributed by atoms with Gasteiger partial charge in [-0.25, -0.2) is 9.37 Å². The normalized spacial score (nSPS) is 15.6. The second-order valence-corrected chi connectivity index (χ2v) is 8.58. The molecule has 4 aromatic rings. The van der Waals surface area contributed by atoms with Crippen molar-refractivity contribution in [3.8, 4) is 11.1 Å². The van der Waals surface area contributed by atoms with Crippen molar-refractivity contribution in [3.63, 3.8) is 0 Å². The van der Waals surface area contributed by atoms with Gasteiger partial charge in [0, 0.05) is 10.9 Å². The monoisotopic (exact) mass is 433 g/mol. The zero-order valence-corrected chi connectivity index (χ0v) is 17.5. The quantitative estimate of drug-likeness (QED) is 0.517. The number of nitrogens with one attached hydrogen (secondary N) is 1. The van der Waals surface area contributed by atoms with Crippen LogP contribution in [0.1, 0.15) is 30.0 Å². The SMILES string of the molecule is O=C(Cn1cnc2scc(-c3ccc(F)cc3)c2c1=O)NC1CCCc2ccccc21. The topological polar surface area (TPSA) is 64.0 Å². The van der Waals surface area contributed by atoms with Gasteiger partial charge >= 0.3 is 0 Å². The molecule has 7 heteroatoms.